The summed E-state index contributed by atoms with van der Waals surface area (Å²) in [5.41, 5.74) is 1.28. The van der Waals surface area contributed by atoms with Crippen molar-refractivity contribution in [3.63, 3.8) is 0 Å². The molecule has 1 N–H and O–H groups in total. The van der Waals surface area contributed by atoms with E-state index in [9.17, 15) is 13.2 Å². The molecule has 0 amide bonds. The predicted octanol–water partition coefficient (Wildman–Crippen LogP) is 3.43. The highest BCUT2D eigenvalue weighted by Gasteiger charge is 2.25. The number of hydrogen-bond donors (Lipinski definition) is 1. The number of sulfonamides is 1. The predicted molar refractivity (Wildman–Crippen MR) is 111 cm³/mol. The molecule has 0 fully saturated rings. The fourth-order valence-corrected chi connectivity index (χ4v) is 4.43. The number of H-pyrrole nitrogens is 1. The topological polar surface area (TPSA) is 83.1 Å². The van der Waals surface area contributed by atoms with Crippen LogP contribution in [0.4, 0.5) is 0 Å². The second-order valence-corrected chi connectivity index (χ2v) is 9.67. The average Bonchev–Trinajstić information content (AvgIpc) is 2.65. The SMILES string of the molecule is CCN(Cc1nc2ccccc2c(=O)[nH]1)S(=O)(=O)c1ccc(C(C)(C)C)cc1. The van der Waals surface area contributed by atoms with Crippen molar-refractivity contribution in [2.45, 2.75) is 44.6 Å². The van der Waals surface area contributed by atoms with E-state index in [1.165, 1.54) is 4.31 Å². The van der Waals surface area contributed by atoms with Crippen molar-refractivity contribution in [2.24, 2.45) is 0 Å². The summed E-state index contributed by atoms with van der Waals surface area (Å²) in [7, 11) is -3.71. The maximum atomic E-state index is 13.1. The van der Waals surface area contributed by atoms with Crippen molar-refractivity contribution >= 4 is 20.9 Å². The summed E-state index contributed by atoms with van der Waals surface area (Å²) in [6, 6.07) is 13.9. The van der Waals surface area contributed by atoms with Gasteiger partial charge >= 0.3 is 0 Å². The first-order valence-corrected chi connectivity index (χ1v) is 10.7. The number of aromatic nitrogens is 2. The quantitative estimate of drug-likeness (QED) is 0.712. The Hall–Kier alpha value is -2.51. The van der Waals surface area contributed by atoms with Crippen molar-refractivity contribution in [3.8, 4) is 0 Å². The van der Waals surface area contributed by atoms with Crippen LogP contribution in [0.2, 0.25) is 0 Å². The van der Waals surface area contributed by atoms with Gasteiger partial charge in [0.1, 0.15) is 5.82 Å². The summed E-state index contributed by atoms with van der Waals surface area (Å²) in [5, 5.41) is 0.481. The summed E-state index contributed by atoms with van der Waals surface area (Å²) in [5.74, 6) is 0.320. The zero-order chi connectivity index (χ0) is 20.5. The Bertz CT molecular complexity index is 1140. The molecular weight excluding hydrogens is 374 g/mol. The molecule has 1 heterocycles. The first-order valence-electron chi connectivity index (χ1n) is 9.21. The smallest absolute Gasteiger partial charge is 0.258 e. The highest BCUT2D eigenvalue weighted by atomic mass is 32.2. The Kier molecular flexibility index (Phi) is 5.41. The lowest BCUT2D eigenvalue weighted by Crippen LogP contribution is -2.32. The third-order valence-corrected chi connectivity index (χ3v) is 6.63. The second kappa shape index (κ2) is 7.48. The zero-order valence-electron chi connectivity index (χ0n) is 16.6. The minimum absolute atomic E-state index is 0.0000696. The van der Waals surface area contributed by atoms with Crippen molar-refractivity contribution in [3.05, 3.63) is 70.3 Å². The van der Waals surface area contributed by atoms with Crippen LogP contribution in [0.1, 0.15) is 39.1 Å². The standard InChI is InChI=1S/C21H25N3O3S/c1-5-24(14-19-22-18-9-7-6-8-17(18)20(25)23-19)28(26,27)16-12-10-15(11-13-16)21(2,3)4/h6-13H,5,14H2,1-4H3,(H,22,23,25). The fraction of sp³-hybridized carbons (Fsp3) is 0.333. The van der Waals surface area contributed by atoms with E-state index < -0.39 is 10.0 Å². The molecule has 6 nitrogen and oxygen atoms in total. The van der Waals surface area contributed by atoms with Crippen LogP contribution in [0, 0.1) is 0 Å². The maximum Gasteiger partial charge on any atom is 0.258 e. The molecule has 0 atom stereocenters. The highest BCUT2D eigenvalue weighted by Crippen LogP contribution is 2.25. The van der Waals surface area contributed by atoms with E-state index in [4.69, 9.17) is 0 Å². The van der Waals surface area contributed by atoms with Gasteiger partial charge in [-0.2, -0.15) is 4.31 Å². The lowest BCUT2D eigenvalue weighted by atomic mass is 9.87. The lowest BCUT2D eigenvalue weighted by Gasteiger charge is -2.22. The van der Waals surface area contributed by atoms with Crippen LogP contribution >= 0.6 is 0 Å². The van der Waals surface area contributed by atoms with E-state index in [-0.39, 0.29) is 29.0 Å². The van der Waals surface area contributed by atoms with Crippen molar-refractivity contribution in [1.29, 1.82) is 0 Å². The monoisotopic (exact) mass is 399 g/mol. The van der Waals surface area contributed by atoms with E-state index in [1.807, 2.05) is 12.1 Å². The third-order valence-electron chi connectivity index (χ3n) is 4.70. The number of nitrogens with one attached hydrogen (secondary N) is 1. The lowest BCUT2D eigenvalue weighted by molar-refractivity contribution is 0.414. The number of nitrogens with zero attached hydrogens (tertiary/aromatic N) is 2. The summed E-state index contributed by atoms with van der Waals surface area (Å²) >= 11 is 0. The van der Waals surface area contributed by atoms with Crippen LogP contribution in [-0.2, 0) is 22.0 Å². The number of aromatic amines is 1. The van der Waals surface area contributed by atoms with Crippen LogP contribution < -0.4 is 5.56 Å². The Labute approximate surface area is 165 Å². The summed E-state index contributed by atoms with van der Waals surface area (Å²) in [6.07, 6.45) is 0. The van der Waals surface area contributed by atoms with Gasteiger partial charge in [-0.25, -0.2) is 13.4 Å². The summed E-state index contributed by atoms with van der Waals surface area (Å²) in [6.45, 7) is 8.27. The number of para-hydroxylation sites is 1. The Morgan fingerprint density at radius 3 is 2.29 bits per heavy atom. The molecule has 2 aromatic carbocycles. The molecule has 0 saturated heterocycles. The molecule has 3 aromatic rings. The Balaban J connectivity index is 1.93. The van der Waals surface area contributed by atoms with Gasteiger partial charge in [-0.1, -0.05) is 52.0 Å². The van der Waals surface area contributed by atoms with Crippen LogP contribution in [0.5, 0.6) is 0 Å². The first kappa shape index (κ1) is 20.2. The molecule has 0 saturated carbocycles. The normalized spacial score (nSPS) is 12.6. The van der Waals surface area contributed by atoms with Crippen LogP contribution in [0.15, 0.2) is 58.2 Å². The van der Waals surface area contributed by atoms with E-state index >= 15 is 0 Å². The second-order valence-electron chi connectivity index (χ2n) is 7.74. The number of hydrogen-bond acceptors (Lipinski definition) is 4. The van der Waals surface area contributed by atoms with Gasteiger partial charge in [-0.3, -0.25) is 4.79 Å². The van der Waals surface area contributed by atoms with Gasteiger partial charge in [0.25, 0.3) is 5.56 Å². The molecule has 148 valence electrons. The largest absolute Gasteiger partial charge is 0.309 e. The summed E-state index contributed by atoms with van der Waals surface area (Å²) in [4.78, 5) is 19.6. The molecule has 0 unspecified atom stereocenters. The summed E-state index contributed by atoms with van der Waals surface area (Å²) < 4.78 is 27.5. The van der Waals surface area contributed by atoms with Crippen molar-refractivity contribution in [2.75, 3.05) is 6.54 Å². The minimum Gasteiger partial charge on any atom is -0.309 e. The molecule has 0 spiro atoms. The zero-order valence-corrected chi connectivity index (χ0v) is 17.4. The van der Waals surface area contributed by atoms with Crippen molar-refractivity contribution < 1.29 is 8.42 Å². The van der Waals surface area contributed by atoms with Gasteiger partial charge in [0, 0.05) is 6.54 Å². The van der Waals surface area contributed by atoms with E-state index in [0.717, 1.165) is 5.56 Å². The molecule has 7 heteroatoms. The van der Waals surface area contributed by atoms with Crippen LogP contribution in [-0.4, -0.2) is 29.2 Å². The molecule has 28 heavy (non-hydrogen) atoms. The highest BCUT2D eigenvalue weighted by molar-refractivity contribution is 7.89. The van der Waals surface area contributed by atoms with E-state index in [0.29, 0.717) is 16.7 Å². The first-order chi connectivity index (χ1) is 13.1. The van der Waals surface area contributed by atoms with Gasteiger partial charge in [0.15, 0.2) is 0 Å². The number of benzene rings is 2. The van der Waals surface area contributed by atoms with E-state index in [1.54, 1.807) is 43.3 Å². The van der Waals surface area contributed by atoms with Crippen molar-refractivity contribution in [1.82, 2.24) is 14.3 Å². The van der Waals surface area contributed by atoms with Crippen LogP contribution in [0.25, 0.3) is 10.9 Å². The molecule has 0 aliphatic carbocycles. The van der Waals surface area contributed by atoms with Gasteiger partial charge in [0.05, 0.1) is 22.3 Å². The third kappa shape index (κ3) is 4.00. The number of fused-ring (bicyclic) bond motifs is 1. The fourth-order valence-electron chi connectivity index (χ4n) is 3.02. The molecule has 0 bridgehead atoms. The van der Waals surface area contributed by atoms with Gasteiger partial charge < -0.3 is 4.98 Å². The Morgan fingerprint density at radius 2 is 1.68 bits per heavy atom. The molecule has 1 aromatic heterocycles. The van der Waals surface area contributed by atoms with Gasteiger partial charge in [-0.05, 0) is 35.2 Å². The number of rotatable bonds is 5. The van der Waals surface area contributed by atoms with E-state index in [2.05, 4.69) is 30.7 Å². The molecular formula is C21H25N3O3S. The molecule has 3 rings (SSSR count). The van der Waals surface area contributed by atoms with Gasteiger partial charge in [-0.15, -0.1) is 0 Å². The maximum absolute atomic E-state index is 13.1. The average molecular weight is 400 g/mol. The van der Waals surface area contributed by atoms with Crippen LogP contribution in [0.3, 0.4) is 0 Å². The van der Waals surface area contributed by atoms with Gasteiger partial charge in [0.2, 0.25) is 10.0 Å². The molecule has 0 radical (unpaired) electrons. The Morgan fingerprint density at radius 1 is 1.04 bits per heavy atom. The molecule has 0 aliphatic rings. The minimum atomic E-state index is -3.71. The molecule has 0 aliphatic heterocycles.